The highest BCUT2D eigenvalue weighted by Crippen LogP contribution is 1.86. The van der Waals surface area contributed by atoms with Crippen molar-refractivity contribution < 1.29 is 13.0 Å². The lowest BCUT2D eigenvalue weighted by molar-refractivity contribution is 0.473. The molecule has 0 radical (unpaired) electrons. The van der Waals surface area contributed by atoms with E-state index in [9.17, 15) is 8.42 Å². The summed E-state index contributed by atoms with van der Waals surface area (Å²) in [7, 11) is -2.16. The van der Waals surface area contributed by atoms with Crippen LogP contribution in [0.1, 0.15) is 20.8 Å². The van der Waals surface area contributed by atoms with Crippen LogP contribution in [0, 0.1) is 0 Å². The van der Waals surface area contributed by atoms with Gasteiger partial charge in [-0.1, -0.05) is 13.8 Å². The van der Waals surface area contributed by atoms with E-state index in [0.717, 1.165) is 0 Å². The second-order valence-corrected chi connectivity index (χ2v) is 3.44. The first kappa shape index (κ1) is 13.5. The topological polar surface area (TPSA) is 66.4 Å². The fourth-order valence-electron chi connectivity index (χ4n) is 0.399. The van der Waals surface area contributed by atoms with Gasteiger partial charge in [0.15, 0.2) is 0 Å². The molecule has 70 valence electrons. The Morgan fingerprint density at radius 2 is 1.82 bits per heavy atom. The summed E-state index contributed by atoms with van der Waals surface area (Å²) in [6.45, 7) is 5.67. The molecule has 0 saturated carbocycles. The number of hydrogen-bond donors (Lipinski definition) is 2. The molecule has 0 bridgehead atoms. The second-order valence-electron chi connectivity index (χ2n) is 1.94. The molecule has 11 heavy (non-hydrogen) atoms. The van der Waals surface area contributed by atoms with Gasteiger partial charge in [-0.2, -0.15) is 8.42 Å². The van der Waals surface area contributed by atoms with Crippen LogP contribution in [-0.2, 0) is 10.1 Å². The van der Waals surface area contributed by atoms with E-state index in [2.05, 4.69) is 5.32 Å². The number of hydrogen-bond acceptors (Lipinski definition) is 3. The fourth-order valence-corrected chi connectivity index (χ4v) is 1.20. The van der Waals surface area contributed by atoms with Crippen LogP contribution in [-0.4, -0.2) is 31.8 Å². The second kappa shape index (κ2) is 6.57. The highest BCUT2D eigenvalue weighted by Gasteiger charge is 2.08. The predicted molar refractivity (Wildman–Crippen MR) is 46.3 cm³/mol. The molecule has 1 unspecified atom stereocenters. The van der Waals surface area contributed by atoms with Crippen molar-refractivity contribution in [2.75, 3.05) is 12.8 Å². The number of nitrogens with one attached hydrogen (secondary N) is 1. The fraction of sp³-hybridized carbons (Fsp3) is 1.00. The third-order valence-electron chi connectivity index (χ3n) is 0.953. The van der Waals surface area contributed by atoms with Gasteiger partial charge in [0, 0.05) is 6.04 Å². The standard InChI is InChI=1S/C4H11NO3S.C2H6/c1-4(5-2)3-9(6,7)8;1-2/h4-5H,3H2,1-2H3,(H,6,7,8);1-2H3. The molecule has 0 rings (SSSR count). The maximum atomic E-state index is 10.1. The van der Waals surface area contributed by atoms with Crippen LogP contribution in [0.5, 0.6) is 0 Å². The van der Waals surface area contributed by atoms with E-state index < -0.39 is 10.1 Å². The summed E-state index contributed by atoms with van der Waals surface area (Å²) in [6, 6.07) is -0.194. The van der Waals surface area contributed by atoms with Crippen LogP contribution in [0.2, 0.25) is 0 Å². The molecule has 0 aliphatic rings. The van der Waals surface area contributed by atoms with Crippen molar-refractivity contribution in [1.82, 2.24) is 5.32 Å². The van der Waals surface area contributed by atoms with Crippen molar-refractivity contribution in [3.05, 3.63) is 0 Å². The van der Waals surface area contributed by atoms with E-state index in [0.29, 0.717) is 0 Å². The van der Waals surface area contributed by atoms with Crippen molar-refractivity contribution in [2.45, 2.75) is 26.8 Å². The molecule has 2 N–H and O–H groups in total. The van der Waals surface area contributed by atoms with Gasteiger partial charge in [0.1, 0.15) is 0 Å². The van der Waals surface area contributed by atoms with Gasteiger partial charge in [0.25, 0.3) is 10.1 Å². The summed E-state index contributed by atoms with van der Waals surface area (Å²) >= 11 is 0. The Kier molecular flexibility index (Phi) is 8.04. The van der Waals surface area contributed by atoms with Crippen molar-refractivity contribution in [3.8, 4) is 0 Å². The monoisotopic (exact) mass is 183 g/mol. The van der Waals surface area contributed by atoms with Crippen LogP contribution in [0.15, 0.2) is 0 Å². The quantitative estimate of drug-likeness (QED) is 0.626. The zero-order valence-electron chi connectivity index (χ0n) is 7.46. The molecule has 0 aliphatic heterocycles. The minimum Gasteiger partial charge on any atom is -0.316 e. The average molecular weight is 183 g/mol. The highest BCUT2D eigenvalue weighted by molar-refractivity contribution is 7.85. The highest BCUT2D eigenvalue weighted by atomic mass is 32.2. The normalized spacial score (nSPS) is 13.2. The van der Waals surface area contributed by atoms with Gasteiger partial charge >= 0.3 is 0 Å². The van der Waals surface area contributed by atoms with Crippen molar-refractivity contribution in [1.29, 1.82) is 0 Å². The Hall–Kier alpha value is -0.130. The van der Waals surface area contributed by atoms with Crippen molar-refractivity contribution >= 4 is 10.1 Å². The van der Waals surface area contributed by atoms with E-state index >= 15 is 0 Å². The van der Waals surface area contributed by atoms with E-state index in [4.69, 9.17) is 4.55 Å². The van der Waals surface area contributed by atoms with Gasteiger partial charge in [-0.15, -0.1) is 0 Å². The minimum absolute atomic E-state index is 0.194. The zero-order valence-corrected chi connectivity index (χ0v) is 8.27. The molecule has 0 heterocycles. The molecule has 0 aromatic rings. The van der Waals surface area contributed by atoms with Gasteiger partial charge in [-0.3, -0.25) is 4.55 Å². The smallest absolute Gasteiger partial charge is 0.266 e. The maximum Gasteiger partial charge on any atom is 0.266 e. The molecule has 0 aromatic carbocycles. The zero-order chi connectivity index (χ0) is 9.49. The third kappa shape index (κ3) is 13.0. The van der Waals surface area contributed by atoms with Crippen molar-refractivity contribution in [2.24, 2.45) is 0 Å². The molecule has 1 atom stereocenters. The predicted octanol–water partition coefficient (Wildman–Crippen LogP) is 0.508. The molecule has 0 spiro atoms. The average Bonchev–Trinajstić information content (AvgIpc) is 1.89. The lowest BCUT2D eigenvalue weighted by atomic mass is 10.4. The minimum atomic E-state index is -3.80. The Bertz CT molecular complexity index is 165. The Balaban J connectivity index is 0. The van der Waals surface area contributed by atoms with Gasteiger partial charge in [-0.25, -0.2) is 0 Å². The third-order valence-corrected chi connectivity index (χ3v) is 1.87. The molecule has 5 heteroatoms. The summed E-state index contributed by atoms with van der Waals surface area (Å²) in [5, 5.41) is 2.68. The Labute approximate surface area is 68.7 Å². The molecule has 0 saturated heterocycles. The first-order valence-electron chi connectivity index (χ1n) is 3.58. The first-order valence-corrected chi connectivity index (χ1v) is 5.19. The van der Waals surface area contributed by atoms with Crippen LogP contribution in [0.25, 0.3) is 0 Å². The molecule has 0 amide bonds. The SMILES string of the molecule is CC.CNC(C)CS(=O)(=O)O. The molecule has 0 fully saturated rings. The lowest BCUT2D eigenvalue weighted by Crippen LogP contribution is -2.29. The molecular weight excluding hydrogens is 166 g/mol. The first-order chi connectivity index (χ1) is 4.95. The Morgan fingerprint density at radius 3 is 1.91 bits per heavy atom. The van der Waals surface area contributed by atoms with Crippen LogP contribution in [0.3, 0.4) is 0 Å². The Morgan fingerprint density at radius 1 is 1.45 bits per heavy atom. The summed E-state index contributed by atoms with van der Waals surface area (Å²) in [5.41, 5.74) is 0. The van der Waals surface area contributed by atoms with Crippen LogP contribution >= 0.6 is 0 Å². The van der Waals surface area contributed by atoms with E-state index in [1.54, 1.807) is 14.0 Å². The molecule has 4 nitrogen and oxygen atoms in total. The lowest BCUT2D eigenvalue weighted by Gasteiger charge is -2.05. The molecule has 0 aromatic heterocycles. The summed E-state index contributed by atoms with van der Waals surface area (Å²) in [5.74, 6) is -0.233. The van der Waals surface area contributed by atoms with Gasteiger partial charge in [-0.05, 0) is 14.0 Å². The summed E-state index contributed by atoms with van der Waals surface area (Å²) in [4.78, 5) is 0. The van der Waals surface area contributed by atoms with E-state index in [1.807, 2.05) is 13.8 Å². The largest absolute Gasteiger partial charge is 0.316 e. The summed E-state index contributed by atoms with van der Waals surface area (Å²) < 4.78 is 28.5. The van der Waals surface area contributed by atoms with E-state index in [1.165, 1.54) is 0 Å². The van der Waals surface area contributed by atoms with Gasteiger partial charge in [0.2, 0.25) is 0 Å². The van der Waals surface area contributed by atoms with Gasteiger partial charge < -0.3 is 5.32 Å². The molecular formula is C6H17NO3S. The van der Waals surface area contributed by atoms with Crippen molar-refractivity contribution in [3.63, 3.8) is 0 Å². The van der Waals surface area contributed by atoms with Crippen LogP contribution < -0.4 is 5.32 Å². The summed E-state index contributed by atoms with van der Waals surface area (Å²) in [6.07, 6.45) is 0. The van der Waals surface area contributed by atoms with Gasteiger partial charge in [0.05, 0.1) is 5.75 Å². The van der Waals surface area contributed by atoms with E-state index in [-0.39, 0.29) is 11.8 Å². The number of rotatable bonds is 3. The molecule has 0 aliphatic carbocycles. The van der Waals surface area contributed by atoms with Crippen LogP contribution in [0.4, 0.5) is 0 Å². The maximum absolute atomic E-state index is 10.1.